The second-order valence-corrected chi connectivity index (χ2v) is 6.98. The van der Waals surface area contributed by atoms with E-state index >= 15 is 0 Å². The van der Waals surface area contributed by atoms with E-state index in [1.54, 1.807) is 11.8 Å². The van der Waals surface area contributed by atoms with Crippen LogP contribution >= 0.6 is 11.8 Å². The molecule has 2 aromatic carbocycles. The van der Waals surface area contributed by atoms with Gasteiger partial charge in [0.1, 0.15) is 0 Å². The molecule has 2 rings (SSSR count). The minimum absolute atomic E-state index is 0.388. The van der Waals surface area contributed by atoms with Gasteiger partial charge in [-0.05, 0) is 54.8 Å². The number of rotatable bonds is 5. The molecule has 21 heavy (non-hydrogen) atoms. The van der Waals surface area contributed by atoms with Crippen molar-refractivity contribution < 1.29 is 17.2 Å². The Hall–Kier alpha value is -1.60. The molecule has 3 nitrogen and oxygen atoms in total. The molecule has 7 heteroatoms. The Bertz CT molecular complexity index is 699. The molecule has 0 saturated heterocycles. The maximum Gasteiger partial charge on any atom is 0.341 e. The molecule has 0 aliphatic heterocycles. The predicted molar refractivity (Wildman–Crippen MR) is 81.1 cm³/mol. The SMILES string of the molecule is CSc1ccc(Nc2ccc(S(=O)(=O)C(F)F)cc2)cc1. The van der Waals surface area contributed by atoms with E-state index in [-0.39, 0.29) is 4.90 Å². The number of thioether (sulfide) groups is 1. The van der Waals surface area contributed by atoms with Gasteiger partial charge in [0.2, 0.25) is 9.84 Å². The van der Waals surface area contributed by atoms with Crippen molar-refractivity contribution in [3.05, 3.63) is 48.5 Å². The van der Waals surface area contributed by atoms with Crippen molar-refractivity contribution in [3.8, 4) is 0 Å². The number of anilines is 2. The first-order chi connectivity index (χ1) is 9.93. The Morgan fingerprint density at radius 1 is 0.952 bits per heavy atom. The van der Waals surface area contributed by atoms with Crippen molar-refractivity contribution in [2.75, 3.05) is 11.6 Å². The average molecular weight is 329 g/mol. The molecule has 0 fully saturated rings. The first-order valence-electron chi connectivity index (χ1n) is 5.96. The van der Waals surface area contributed by atoms with Crippen LogP contribution in [0.15, 0.2) is 58.3 Å². The molecule has 112 valence electrons. The topological polar surface area (TPSA) is 46.2 Å². The second-order valence-electron chi connectivity index (χ2n) is 4.18. The van der Waals surface area contributed by atoms with Crippen LogP contribution in [0.25, 0.3) is 0 Å². The fraction of sp³-hybridized carbons (Fsp3) is 0.143. The third-order valence-corrected chi connectivity index (χ3v) is 4.94. The molecule has 0 aliphatic rings. The number of sulfone groups is 1. The fourth-order valence-electron chi connectivity index (χ4n) is 1.67. The second kappa shape index (κ2) is 6.44. The number of hydrogen-bond donors (Lipinski definition) is 1. The van der Waals surface area contributed by atoms with Crippen LogP contribution in [0.5, 0.6) is 0 Å². The smallest absolute Gasteiger partial charge is 0.341 e. The van der Waals surface area contributed by atoms with Crippen molar-refractivity contribution in [1.29, 1.82) is 0 Å². The van der Waals surface area contributed by atoms with Crippen LogP contribution in [0.3, 0.4) is 0 Å². The van der Waals surface area contributed by atoms with Crippen molar-refractivity contribution in [1.82, 2.24) is 0 Å². The van der Waals surface area contributed by atoms with E-state index in [4.69, 9.17) is 0 Å². The van der Waals surface area contributed by atoms with Gasteiger partial charge in [0.05, 0.1) is 4.90 Å². The highest BCUT2D eigenvalue weighted by atomic mass is 32.2. The highest BCUT2D eigenvalue weighted by Crippen LogP contribution is 2.23. The maximum atomic E-state index is 12.4. The molecule has 0 bridgehead atoms. The first kappa shape index (κ1) is 15.8. The normalized spacial score (nSPS) is 11.6. The van der Waals surface area contributed by atoms with Crippen LogP contribution in [0.2, 0.25) is 0 Å². The Morgan fingerprint density at radius 3 is 1.86 bits per heavy atom. The minimum Gasteiger partial charge on any atom is -0.356 e. The summed E-state index contributed by atoms with van der Waals surface area (Å²) in [6, 6.07) is 12.9. The molecule has 0 radical (unpaired) electrons. The van der Waals surface area contributed by atoms with E-state index in [1.165, 1.54) is 24.3 Å². The van der Waals surface area contributed by atoms with E-state index < -0.39 is 15.6 Å². The summed E-state index contributed by atoms with van der Waals surface area (Å²) in [5.74, 6) is -3.41. The maximum absolute atomic E-state index is 12.4. The van der Waals surface area contributed by atoms with Gasteiger partial charge in [-0.1, -0.05) is 0 Å². The van der Waals surface area contributed by atoms with Gasteiger partial charge in [-0.2, -0.15) is 8.78 Å². The van der Waals surface area contributed by atoms with Gasteiger partial charge in [0, 0.05) is 16.3 Å². The van der Waals surface area contributed by atoms with Crippen molar-refractivity contribution >= 4 is 33.0 Å². The summed E-state index contributed by atoms with van der Waals surface area (Å²) in [7, 11) is -4.54. The lowest BCUT2D eigenvalue weighted by Gasteiger charge is -2.08. The van der Waals surface area contributed by atoms with Gasteiger partial charge in [0.25, 0.3) is 0 Å². The Kier molecular flexibility index (Phi) is 4.84. The molecule has 1 N–H and O–H groups in total. The third kappa shape index (κ3) is 3.74. The van der Waals surface area contributed by atoms with E-state index in [2.05, 4.69) is 5.32 Å². The number of hydrogen-bond acceptors (Lipinski definition) is 4. The Labute approximate surface area is 126 Å². The lowest BCUT2D eigenvalue weighted by Crippen LogP contribution is -2.11. The molecule has 0 spiro atoms. The third-order valence-electron chi connectivity index (χ3n) is 2.80. The zero-order valence-electron chi connectivity index (χ0n) is 11.1. The highest BCUT2D eigenvalue weighted by Gasteiger charge is 2.26. The van der Waals surface area contributed by atoms with Crippen LogP contribution in [-0.4, -0.2) is 20.4 Å². The zero-order valence-corrected chi connectivity index (χ0v) is 12.7. The average Bonchev–Trinajstić information content (AvgIpc) is 2.48. The zero-order chi connectivity index (χ0) is 15.5. The summed E-state index contributed by atoms with van der Waals surface area (Å²) < 4.78 is 47.4. The van der Waals surface area contributed by atoms with E-state index in [0.29, 0.717) is 5.69 Å². The van der Waals surface area contributed by atoms with Crippen LogP contribution in [-0.2, 0) is 9.84 Å². The molecule has 0 atom stereocenters. The molecular weight excluding hydrogens is 316 g/mol. The highest BCUT2D eigenvalue weighted by molar-refractivity contribution is 7.98. The van der Waals surface area contributed by atoms with E-state index in [1.807, 2.05) is 30.5 Å². The lowest BCUT2D eigenvalue weighted by atomic mass is 10.3. The Morgan fingerprint density at radius 2 is 1.43 bits per heavy atom. The predicted octanol–water partition coefficient (Wildman–Crippen LogP) is 4.15. The number of halogens is 2. The van der Waals surface area contributed by atoms with Gasteiger partial charge >= 0.3 is 5.76 Å². The van der Waals surface area contributed by atoms with Crippen molar-refractivity contribution in [2.45, 2.75) is 15.5 Å². The molecule has 0 unspecified atom stereocenters. The molecule has 0 heterocycles. The van der Waals surface area contributed by atoms with Crippen molar-refractivity contribution in [3.63, 3.8) is 0 Å². The van der Waals surface area contributed by atoms with Gasteiger partial charge in [0.15, 0.2) is 0 Å². The summed E-state index contributed by atoms with van der Waals surface area (Å²) >= 11 is 1.63. The molecule has 0 saturated carbocycles. The van der Waals surface area contributed by atoms with E-state index in [9.17, 15) is 17.2 Å². The monoisotopic (exact) mass is 329 g/mol. The first-order valence-corrected chi connectivity index (χ1v) is 8.74. The van der Waals surface area contributed by atoms with Crippen LogP contribution < -0.4 is 5.32 Å². The Balaban J connectivity index is 2.15. The van der Waals surface area contributed by atoms with Gasteiger partial charge < -0.3 is 5.32 Å². The lowest BCUT2D eigenvalue weighted by molar-refractivity contribution is 0.234. The number of benzene rings is 2. The quantitative estimate of drug-likeness (QED) is 0.837. The summed E-state index contributed by atoms with van der Waals surface area (Å²) in [4.78, 5) is 0.736. The summed E-state index contributed by atoms with van der Waals surface area (Å²) in [5.41, 5.74) is 1.46. The molecule has 2 aromatic rings. The number of nitrogens with one attached hydrogen (secondary N) is 1. The summed E-state index contributed by atoms with van der Waals surface area (Å²) in [6.45, 7) is 0. The minimum atomic E-state index is -4.54. The van der Waals surface area contributed by atoms with Gasteiger partial charge in [-0.25, -0.2) is 8.42 Å². The molecular formula is C14H13F2NO2S2. The fourth-order valence-corrected chi connectivity index (χ4v) is 2.80. The van der Waals surface area contributed by atoms with Crippen LogP contribution in [0, 0.1) is 0 Å². The van der Waals surface area contributed by atoms with Crippen molar-refractivity contribution in [2.24, 2.45) is 0 Å². The van der Waals surface area contributed by atoms with Gasteiger partial charge in [-0.15, -0.1) is 11.8 Å². The standard InChI is InChI=1S/C14H13F2NO2S2/c1-20-12-6-2-10(3-7-12)17-11-4-8-13(9-5-11)21(18,19)14(15)16/h2-9,14,17H,1H3. The van der Waals surface area contributed by atoms with Crippen LogP contribution in [0.1, 0.15) is 0 Å². The van der Waals surface area contributed by atoms with Crippen LogP contribution in [0.4, 0.5) is 20.2 Å². The summed E-state index contributed by atoms with van der Waals surface area (Å²) in [5, 5.41) is 3.07. The molecule has 0 amide bonds. The largest absolute Gasteiger partial charge is 0.356 e. The van der Waals surface area contributed by atoms with E-state index in [0.717, 1.165) is 10.6 Å². The number of alkyl halides is 2. The van der Waals surface area contributed by atoms with Gasteiger partial charge in [-0.3, -0.25) is 0 Å². The molecule has 0 aliphatic carbocycles. The summed E-state index contributed by atoms with van der Waals surface area (Å²) in [6.07, 6.45) is 1.98. The molecule has 0 aromatic heterocycles.